The lowest BCUT2D eigenvalue weighted by Gasteiger charge is -2.22. The molecule has 0 aliphatic carbocycles. The lowest BCUT2D eigenvalue weighted by molar-refractivity contribution is 0.0507. The minimum atomic E-state index is -3.83. The number of fused-ring (bicyclic) bond motifs is 1. The molecule has 0 spiro atoms. The molecule has 28 heavy (non-hydrogen) atoms. The molecule has 152 valence electrons. The summed E-state index contributed by atoms with van der Waals surface area (Å²) < 4.78 is 33.0. The maximum atomic E-state index is 13.2. The van der Waals surface area contributed by atoms with Crippen molar-refractivity contribution in [3.05, 3.63) is 29.4 Å². The summed E-state index contributed by atoms with van der Waals surface area (Å²) in [7, 11) is -3.83. The van der Waals surface area contributed by atoms with Crippen LogP contribution in [0.3, 0.4) is 0 Å². The van der Waals surface area contributed by atoms with Crippen molar-refractivity contribution in [1.29, 1.82) is 0 Å². The Labute approximate surface area is 169 Å². The number of halogens is 1. The molecule has 8 nitrogen and oxygen atoms in total. The van der Waals surface area contributed by atoms with Gasteiger partial charge in [-0.3, -0.25) is 0 Å². The highest BCUT2D eigenvalue weighted by molar-refractivity contribution is 7.89. The number of nitrogens with two attached hydrogens (primary N) is 1. The number of amides is 1. The van der Waals surface area contributed by atoms with Crippen LogP contribution in [0.15, 0.2) is 29.3 Å². The molecule has 1 amide bonds. The van der Waals surface area contributed by atoms with Crippen molar-refractivity contribution in [3.63, 3.8) is 0 Å². The standard InChI is InChI=1S/C18H23ClN4O4S/c1-18(2,3)27-17(24)22-11-7-8-23(10-11)28(25,26)14-6-4-5-12-15(14)13(19)9-21-16(12)20/h4-6,9,11H,7-8,10H2,1-3H3,(H2,20,21)(H,22,24)/t11-/m1/s1. The highest BCUT2D eigenvalue weighted by atomic mass is 35.5. The molecule has 1 saturated heterocycles. The predicted molar refractivity (Wildman–Crippen MR) is 108 cm³/mol. The van der Waals surface area contributed by atoms with Crippen LogP contribution in [-0.2, 0) is 14.8 Å². The van der Waals surface area contributed by atoms with Crippen LogP contribution in [-0.4, -0.2) is 48.5 Å². The number of carbonyl (C=O) groups excluding carboxylic acids is 1. The molecule has 3 rings (SSSR count). The Hall–Kier alpha value is -2.10. The van der Waals surface area contributed by atoms with Crippen LogP contribution in [0.25, 0.3) is 10.8 Å². The van der Waals surface area contributed by atoms with Gasteiger partial charge in [0.05, 0.1) is 9.92 Å². The summed E-state index contributed by atoms with van der Waals surface area (Å²) in [5, 5.41) is 3.77. The second kappa shape index (κ2) is 7.38. The lowest BCUT2D eigenvalue weighted by atomic mass is 10.1. The Morgan fingerprint density at radius 1 is 1.39 bits per heavy atom. The number of alkyl carbamates (subject to hydrolysis) is 1. The fraction of sp³-hybridized carbons (Fsp3) is 0.444. The highest BCUT2D eigenvalue weighted by Gasteiger charge is 2.35. The first-order valence-corrected chi connectivity index (χ1v) is 10.6. The van der Waals surface area contributed by atoms with E-state index in [1.807, 2.05) is 0 Å². The van der Waals surface area contributed by atoms with Gasteiger partial charge >= 0.3 is 6.09 Å². The van der Waals surface area contributed by atoms with Crippen molar-refractivity contribution in [1.82, 2.24) is 14.6 Å². The van der Waals surface area contributed by atoms with Gasteiger partial charge in [-0.25, -0.2) is 18.2 Å². The van der Waals surface area contributed by atoms with Gasteiger partial charge in [-0.1, -0.05) is 23.7 Å². The molecule has 0 unspecified atom stereocenters. The quantitative estimate of drug-likeness (QED) is 0.779. The smallest absolute Gasteiger partial charge is 0.407 e. The van der Waals surface area contributed by atoms with E-state index in [1.165, 1.54) is 16.6 Å². The van der Waals surface area contributed by atoms with E-state index < -0.39 is 21.7 Å². The molecule has 1 aromatic heterocycles. The van der Waals surface area contributed by atoms with E-state index in [2.05, 4.69) is 10.3 Å². The molecule has 1 aliphatic heterocycles. The number of rotatable bonds is 3. The molecule has 10 heteroatoms. The van der Waals surface area contributed by atoms with Crippen LogP contribution < -0.4 is 11.1 Å². The average molecular weight is 427 g/mol. The van der Waals surface area contributed by atoms with Crippen LogP contribution in [0.1, 0.15) is 27.2 Å². The van der Waals surface area contributed by atoms with Gasteiger partial charge in [-0.15, -0.1) is 0 Å². The first-order chi connectivity index (χ1) is 13.0. The summed E-state index contributed by atoms with van der Waals surface area (Å²) in [5.74, 6) is 0.211. The minimum Gasteiger partial charge on any atom is -0.444 e. The molecule has 2 heterocycles. The summed E-state index contributed by atoms with van der Waals surface area (Å²) in [6, 6.07) is 4.45. The Kier molecular flexibility index (Phi) is 5.44. The van der Waals surface area contributed by atoms with E-state index in [9.17, 15) is 13.2 Å². The van der Waals surface area contributed by atoms with E-state index in [0.717, 1.165) is 0 Å². The largest absolute Gasteiger partial charge is 0.444 e. The van der Waals surface area contributed by atoms with Gasteiger partial charge in [0.2, 0.25) is 10.0 Å². The van der Waals surface area contributed by atoms with Gasteiger partial charge in [0.15, 0.2) is 0 Å². The van der Waals surface area contributed by atoms with E-state index >= 15 is 0 Å². The van der Waals surface area contributed by atoms with Crippen molar-refractivity contribution >= 4 is 44.3 Å². The number of ether oxygens (including phenoxy) is 1. The predicted octanol–water partition coefficient (Wildman–Crippen LogP) is 2.76. The Balaban J connectivity index is 1.85. The summed E-state index contributed by atoms with van der Waals surface area (Å²) in [5.41, 5.74) is 5.26. The van der Waals surface area contributed by atoms with Crippen LogP contribution in [0, 0.1) is 0 Å². The molecule has 0 bridgehead atoms. The van der Waals surface area contributed by atoms with Crippen molar-refractivity contribution in [2.24, 2.45) is 0 Å². The summed E-state index contributed by atoms with van der Waals surface area (Å²) in [6.07, 6.45) is 1.26. The lowest BCUT2D eigenvalue weighted by Crippen LogP contribution is -2.41. The number of aromatic nitrogens is 1. The number of anilines is 1. The fourth-order valence-corrected chi connectivity index (χ4v) is 5.18. The van der Waals surface area contributed by atoms with Crippen molar-refractivity contribution in [2.75, 3.05) is 18.8 Å². The highest BCUT2D eigenvalue weighted by Crippen LogP contribution is 2.34. The first kappa shape index (κ1) is 20.6. The second-order valence-corrected chi connectivity index (χ2v) is 9.98. The topological polar surface area (TPSA) is 115 Å². The van der Waals surface area contributed by atoms with Crippen LogP contribution in [0.5, 0.6) is 0 Å². The Morgan fingerprint density at radius 3 is 2.79 bits per heavy atom. The molecule has 1 atom stereocenters. The molecule has 0 saturated carbocycles. The Bertz CT molecular complexity index is 1020. The third kappa shape index (κ3) is 4.16. The van der Waals surface area contributed by atoms with E-state index in [1.54, 1.807) is 32.9 Å². The zero-order chi connectivity index (χ0) is 20.7. The number of sulfonamides is 1. The molecule has 3 N–H and O–H groups in total. The number of hydrogen-bond acceptors (Lipinski definition) is 6. The fourth-order valence-electron chi connectivity index (χ4n) is 3.14. The van der Waals surface area contributed by atoms with Gasteiger partial charge in [-0.05, 0) is 33.3 Å². The number of nitrogens with zero attached hydrogens (tertiary/aromatic N) is 2. The SMILES string of the molecule is CC(C)(C)OC(=O)N[C@@H]1CCN(S(=O)(=O)c2cccc3c(N)ncc(Cl)c23)C1. The molecular weight excluding hydrogens is 404 g/mol. The minimum absolute atomic E-state index is 0.0713. The maximum absolute atomic E-state index is 13.2. The van der Waals surface area contributed by atoms with Gasteiger partial charge in [0.25, 0.3) is 0 Å². The van der Waals surface area contributed by atoms with E-state index in [0.29, 0.717) is 17.2 Å². The number of pyridine rings is 1. The van der Waals surface area contributed by atoms with Crippen LogP contribution in [0.4, 0.5) is 10.6 Å². The zero-order valence-corrected chi connectivity index (χ0v) is 17.5. The van der Waals surface area contributed by atoms with Gasteiger partial charge < -0.3 is 15.8 Å². The van der Waals surface area contributed by atoms with Crippen LogP contribution in [0.2, 0.25) is 5.02 Å². The van der Waals surface area contributed by atoms with Gasteiger partial charge in [0, 0.05) is 36.1 Å². The van der Waals surface area contributed by atoms with Crippen LogP contribution >= 0.6 is 11.6 Å². The molecule has 0 radical (unpaired) electrons. The zero-order valence-electron chi connectivity index (χ0n) is 15.9. The summed E-state index contributed by atoms with van der Waals surface area (Å²) in [4.78, 5) is 16.0. The van der Waals surface area contributed by atoms with E-state index in [4.69, 9.17) is 22.1 Å². The van der Waals surface area contributed by atoms with Crippen molar-refractivity contribution in [2.45, 2.75) is 43.7 Å². The summed E-state index contributed by atoms with van der Waals surface area (Å²) >= 11 is 6.23. The number of carbonyl (C=O) groups is 1. The van der Waals surface area contributed by atoms with Crippen molar-refractivity contribution in [3.8, 4) is 0 Å². The monoisotopic (exact) mass is 426 g/mol. The molecule has 1 fully saturated rings. The Morgan fingerprint density at radius 2 is 2.11 bits per heavy atom. The number of nitrogens with one attached hydrogen (secondary N) is 1. The van der Waals surface area contributed by atoms with E-state index in [-0.39, 0.29) is 34.9 Å². The number of benzene rings is 1. The molecular formula is C18H23ClN4O4S. The summed E-state index contributed by atoms with van der Waals surface area (Å²) in [6.45, 7) is 5.72. The van der Waals surface area contributed by atoms with Crippen molar-refractivity contribution < 1.29 is 17.9 Å². The third-order valence-corrected chi connectivity index (χ3v) is 6.54. The van der Waals surface area contributed by atoms with Gasteiger partial charge in [-0.2, -0.15) is 4.31 Å². The first-order valence-electron chi connectivity index (χ1n) is 8.81. The molecule has 1 aromatic carbocycles. The maximum Gasteiger partial charge on any atom is 0.407 e. The molecule has 2 aromatic rings. The normalized spacial score (nSPS) is 18.4. The number of nitrogen functional groups attached to an aromatic ring is 1. The number of hydrogen-bond donors (Lipinski definition) is 2. The molecule has 1 aliphatic rings. The average Bonchev–Trinajstić information content (AvgIpc) is 3.05. The third-order valence-electron chi connectivity index (χ3n) is 4.35. The second-order valence-electron chi connectivity index (χ2n) is 7.66. The van der Waals surface area contributed by atoms with Gasteiger partial charge in [0.1, 0.15) is 11.4 Å².